The first-order valence-corrected chi connectivity index (χ1v) is 10.2. The lowest BCUT2D eigenvalue weighted by Gasteiger charge is -2.38. The molecule has 3 atom stereocenters. The lowest BCUT2D eigenvalue weighted by Crippen LogP contribution is -2.44. The Morgan fingerprint density at radius 1 is 1.00 bits per heavy atom. The molecular weight excluding hydrogens is 436 g/mol. The van der Waals surface area contributed by atoms with Crippen molar-refractivity contribution in [2.24, 2.45) is 5.73 Å². The number of nitrogens with two attached hydrogens (primary N) is 1. The van der Waals surface area contributed by atoms with Crippen LogP contribution in [-0.2, 0) is 19.3 Å². The molecule has 1 saturated carbocycles. The van der Waals surface area contributed by atoms with Crippen LogP contribution in [0.3, 0.4) is 0 Å². The molecule has 3 aromatic rings. The molecule has 3 heterocycles. The van der Waals surface area contributed by atoms with Gasteiger partial charge in [0.2, 0.25) is 0 Å². The zero-order valence-corrected chi connectivity index (χ0v) is 16.7. The summed E-state index contributed by atoms with van der Waals surface area (Å²) in [5.74, 6) is -3.61. The van der Waals surface area contributed by atoms with Crippen LogP contribution >= 0.6 is 0 Å². The second-order valence-electron chi connectivity index (χ2n) is 8.42. The number of alkyl halides is 3. The molecule has 1 aliphatic carbocycles. The summed E-state index contributed by atoms with van der Waals surface area (Å²) in [5.41, 5.74) is 6.86. The van der Waals surface area contributed by atoms with E-state index in [2.05, 4.69) is 15.0 Å². The van der Waals surface area contributed by atoms with E-state index in [0.717, 1.165) is 22.8 Å². The number of rotatable bonds is 2. The van der Waals surface area contributed by atoms with Crippen molar-refractivity contribution in [3.8, 4) is 0 Å². The largest absolute Gasteiger partial charge is 0.433 e. The zero-order valence-electron chi connectivity index (χ0n) is 16.7. The van der Waals surface area contributed by atoms with E-state index in [-0.39, 0.29) is 17.3 Å². The van der Waals surface area contributed by atoms with Gasteiger partial charge in [-0.25, -0.2) is 22.7 Å². The molecule has 1 aliphatic heterocycles. The molecule has 1 fully saturated rings. The molecule has 0 saturated heterocycles. The monoisotopic (exact) mass is 455 g/mol. The van der Waals surface area contributed by atoms with Gasteiger partial charge in [-0.05, 0) is 37.0 Å². The quantitative estimate of drug-likeness (QED) is 0.466. The van der Waals surface area contributed by atoms with E-state index in [4.69, 9.17) is 5.73 Å². The standard InChI is InChI=1S/C21H19F6N5/c22-14-7-16(24)15(23)6-12(14)11-2-1-10(5-17(11)28)31-8-13-18(9-31)30-32-19(21(25,26)27)3-4-29-20(13)32/h3-4,6-7,10-11,17H,1-2,5,8-9,28H2/t10-,11+,17-/m0/s1. The second-order valence-corrected chi connectivity index (χ2v) is 8.42. The molecule has 1 aromatic carbocycles. The van der Waals surface area contributed by atoms with Crippen LogP contribution in [0.2, 0.25) is 0 Å². The van der Waals surface area contributed by atoms with Crippen molar-refractivity contribution < 1.29 is 26.3 Å². The lowest BCUT2D eigenvalue weighted by molar-refractivity contribution is -0.142. The van der Waals surface area contributed by atoms with Gasteiger partial charge in [-0.15, -0.1) is 0 Å². The minimum atomic E-state index is -4.54. The Morgan fingerprint density at radius 2 is 1.75 bits per heavy atom. The number of aromatic nitrogens is 3. The van der Waals surface area contributed by atoms with Crippen LogP contribution in [0.5, 0.6) is 0 Å². The maximum absolute atomic E-state index is 14.2. The highest BCUT2D eigenvalue weighted by atomic mass is 19.4. The SMILES string of the molecule is N[C@H]1C[C@@H](N2Cc3nn4c(C(F)(F)F)ccnc4c3C2)CC[C@@H]1c1cc(F)c(F)cc1F. The molecular formula is C21H19F6N5. The van der Waals surface area contributed by atoms with Gasteiger partial charge in [0, 0.05) is 48.9 Å². The molecule has 11 heteroatoms. The normalized spacial score (nSPS) is 24.3. The molecule has 0 unspecified atom stereocenters. The van der Waals surface area contributed by atoms with Crippen molar-refractivity contribution in [3.05, 3.63) is 64.4 Å². The van der Waals surface area contributed by atoms with Gasteiger partial charge >= 0.3 is 6.18 Å². The Labute approximate surface area is 178 Å². The van der Waals surface area contributed by atoms with Crippen molar-refractivity contribution in [1.82, 2.24) is 19.5 Å². The molecule has 32 heavy (non-hydrogen) atoms. The highest BCUT2D eigenvalue weighted by Gasteiger charge is 2.39. The topological polar surface area (TPSA) is 59.5 Å². The van der Waals surface area contributed by atoms with Crippen molar-refractivity contribution in [2.75, 3.05) is 0 Å². The first kappa shape index (κ1) is 21.2. The summed E-state index contributed by atoms with van der Waals surface area (Å²) in [6.07, 6.45) is -1.82. The van der Waals surface area contributed by atoms with Gasteiger partial charge in [0.05, 0.1) is 5.69 Å². The molecule has 2 aliphatic rings. The average Bonchev–Trinajstić information content (AvgIpc) is 3.28. The lowest BCUT2D eigenvalue weighted by atomic mass is 9.77. The number of hydrogen-bond donors (Lipinski definition) is 1. The molecule has 0 amide bonds. The van der Waals surface area contributed by atoms with Gasteiger partial charge in [-0.1, -0.05) is 0 Å². The van der Waals surface area contributed by atoms with Crippen LogP contribution < -0.4 is 5.73 Å². The molecule has 5 rings (SSSR count). The Balaban J connectivity index is 1.34. The third kappa shape index (κ3) is 3.43. The number of nitrogens with zero attached hydrogens (tertiary/aromatic N) is 4. The Kier molecular flexibility index (Phi) is 4.93. The van der Waals surface area contributed by atoms with Gasteiger partial charge in [-0.2, -0.15) is 18.3 Å². The zero-order chi connectivity index (χ0) is 22.8. The van der Waals surface area contributed by atoms with E-state index in [1.165, 1.54) is 0 Å². The summed E-state index contributed by atoms with van der Waals surface area (Å²) in [5, 5.41) is 4.15. The maximum Gasteiger partial charge on any atom is 0.433 e. The molecule has 0 radical (unpaired) electrons. The van der Waals surface area contributed by atoms with Crippen LogP contribution in [-0.4, -0.2) is 31.6 Å². The molecule has 5 nitrogen and oxygen atoms in total. The number of halogens is 6. The minimum Gasteiger partial charge on any atom is -0.327 e. The third-order valence-electron chi connectivity index (χ3n) is 6.53. The third-order valence-corrected chi connectivity index (χ3v) is 6.53. The van der Waals surface area contributed by atoms with Gasteiger partial charge < -0.3 is 5.73 Å². The van der Waals surface area contributed by atoms with E-state index in [1.54, 1.807) is 0 Å². The van der Waals surface area contributed by atoms with Crippen molar-refractivity contribution in [3.63, 3.8) is 0 Å². The predicted molar refractivity (Wildman–Crippen MR) is 102 cm³/mol. The maximum atomic E-state index is 14.2. The minimum absolute atomic E-state index is 0.00894. The van der Waals surface area contributed by atoms with E-state index < -0.39 is 41.3 Å². The summed E-state index contributed by atoms with van der Waals surface area (Å²) < 4.78 is 81.7. The van der Waals surface area contributed by atoms with Crippen molar-refractivity contribution in [1.29, 1.82) is 0 Å². The molecule has 170 valence electrons. The van der Waals surface area contributed by atoms with E-state index in [1.807, 2.05) is 0 Å². The van der Waals surface area contributed by atoms with Crippen LogP contribution in [0.4, 0.5) is 26.3 Å². The Morgan fingerprint density at radius 3 is 2.47 bits per heavy atom. The summed E-state index contributed by atoms with van der Waals surface area (Å²) in [6.45, 7) is 0.742. The molecule has 0 bridgehead atoms. The van der Waals surface area contributed by atoms with E-state index in [0.29, 0.717) is 49.7 Å². The predicted octanol–water partition coefficient (Wildman–Crippen LogP) is 4.14. The van der Waals surface area contributed by atoms with Gasteiger partial charge in [-0.3, -0.25) is 4.90 Å². The smallest absolute Gasteiger partial charge is 0.327 e. The average molecular weight is 455 g/mol. The first-order valence-electron chi connectivity index (χ1n) is 10.2. The first-order chi connectivity index (χ1) is 15.1. The second kappa shape index (κ2) is 7.45. The summed E-state index contributed by atoms with van der Waals surface area (Å²) >= 11 is 0. The van der Waals surface area contributed by atoms with Gasteiger partial charge in [0.1, 0.15) is 11.5 Å². The Hall–Kier alpha value is -2.66. The van der Waals surface area contributed by atoms with Crippen LogP contribution in [0.25, 0.3) is 5.65 Å². The number of fused-ring (bicyclic) bond motifs is 3. The van der Waals surface area contributed by atoms with Crippen molar-refractivity contribution >= 4 is 5.65 Å². The van der Waals surface area contributed by atoms with Crippen molar-refractivity contribution in [2.45, 2.75) is 56.5 Å². The van der Waals surface area contributed by atoms with Crippen LogP contribution in [0, 0.1) is 17.5 Å². The molecule has 2 N–H and O–H groups in total. The molecule has 2 aromatic heterocycles. The fraction of sp³-hybridized carbons (Fsp3) is 0.429. The van der Waals surface area contributed by atoms with E-state index in [9.17, 15) is 26.3 Å². The highest BCUT2D eigenvalue weighted by Crippen LogP contribution is 2.39. The number of hydrogen-bond acceptors (Lipinski definition) is 4. The highest BCUT2D eigenvalue weighted by molar-refractivity contribution is 5.52. The van der Waals surface area contributed by atoms with Gasteiger partial charge in [0.25, 0.3) is 0 Å². The van der Waals surface area contributed by atoms with Crippen LogP contribution in [0.15, 0.2) is 24.4 Å². The molecule has 0 spiro atoms. The summed E-state index contributed by atoms with van der Waals surface area (Å²) in [4.78, 5) is 6.18. The summed E-state index contributed by atoms with van der Waals surface area (Å²) in [7, 11) is 0. The fourth-order valence-electron chi connectivity index (χ4n) is 4.97. The Bertz CT molecular complexity index is 1190. The summed E-state index contributed by atoms with van der Waals surface area (Å²) in [6, 6.07) is 1.84. The van der Waals surface area contributed by atoms with E-state index >= 15 is 0 Å². The number of benzene rings is 1. The van der Waals surface area contributed by atoms with Crippen LogP contribution in [0.1, 0.15) is 47.7 Å². The fourth-order valence-corrected chi connectivity index (χ4v) is 4.97. The van der Waals surface area contributed by atoms with Gasteiger partial charge in [0.15, 0.2) is 17.3 Å².